The van der Waals surface area contributed by atoms with Crippen LogP contribution in [0.2, 0.25) is 0 Å². The fourth-order valence-corrected chi connectivity index (χ4v) is 2.16. The first kappa shape index (κ1) is 14.2. The SMILES string of the molecule is C=CCNC(=O)CN1CCC(OC)CC1CN. The highest BCUT2D eigenvalue weighted by Gasteiger charge is 2.28. The van der Waals surface area contributed by atoms with Crippen LogP contribution in [-0.2, 0) is 9.53 Å². The van der Waals surface area contributed by atoms with Crippen molar-refractivity contribution >= 4 is 5.91 Å². The second kappa shape index (κ2) is 7.42. The predicted octanol–water partition coefficient (Wildman–Crippen LogP) is -0.273. The van der Waals surface area contributed by atoms with Crippen molar-refractivity contribution in [3.63, 3.8) is 0 Å². The number of ether oxygens (including phenoxy) is 1. The summed E-state index contributed by atoms with van der Waals surface area (Å²) in [5.74, 6) is 0.0271. The predicted molar refractivity (Wildman–Crippen MR) is 67.7 cm³/mol. The highest BCUT2D eigenvalue weighted by molar-refractivity contribution is 5.78. The number of methoxy groups -OCH3 is 1. The molecule has 1 fully saturated rings. The molecule has 0 saturated carbocycles. The molecule has 98 valence electrons. The third kappa shape index (κ3) is 4.46. The quantitative estimate of drug-likeness (QED) is 0.628. The van der Waals surface area contributed by atoms with Crippen LogP contribution in [-0.4, -0.2) is 56.2 Å². The Morgan fingerprint density at radius 2 is 2.47 bits per heavy atom. The minimum absolute atomic E-state index is 0.0271. The molecule has 1 aliphatic rings. The summed E-state index contributed by atoms with van der Waals surface area (Å²) in [6, 6.07) is 0.239. The van der Waals surface area contributed by atoms with Crippen LogP contribution >= 0.6 is 0 Å². The van der Waals surface area contributed by atoms with Crippen LogP contribution in [0.3, 0.4) is 0 Å². The maximum atomic E-state index is 11.6. The number of hydrogen-bond acceptors (Lipinski definition) is 4. The molecule has 0 bridgehead atoms. The molecule has 2 unspecified atom stereocenters. The zero-order valence-electron chi connectivity index (χ0n) is 10.5. The van der Waals surface area contributed by atoms with E-state index in [9.17, 15) is 4.79 Å². The van der Waals surface area contributed by atoms with Crippen molar-refractivity contribution in [2.45, 2.75) is 25.0 Å². The lowest BCUT2D eigenvalue weighted by Gasteiger charge is -2.37. The molecule has 0 aliphatic carbocycles. The van der Waals surface area contributed by atoms with Gasteiger partial charge in [0.1, 0.15) is 0 Å². The zero-order valence-corrected chi connectivity index (χ0v) is 10.5. The van der Waals surface area contributed by atoms with Crippen molar-refractivity contribution in [2.24, 2.45) is 5.73 Å². The molecule has 2 atom stereocenters. The Kier molecular flexibility index (Phi) is 6.18. The summed E-state index contributed by atoms with van der Waals surface area (Å²) < 4.78 is 5.35. The molecule has 0 spiro atoms. The number of amides is 1. The minimum Gasteiger partial charge on any atom is -0.381 e. The van der Waals surface area contributed by atoms with Gasteiger partial charge in [-0.1, -0.05) is 6.08 Å². The second-order valence-corrected chi connectivity index (χ2v) is 4.33. The molecular weight excluding hydrogens is 218 g/mol. The molecule has 5 nitrogen and oxygen atoms in total. The van der Waals surface area contributed by atoms with Crippen LogP contribution in [0.25, 0.3) is 0 Å². The maximum absolute atomic E-state index is 11.6. The molecule has 1 amide bonds. The molecule has 0 aromatic rings. The standard InChI is InChI=1S/C12H23N3O2/c1-3-5-14-12(16)9-15-6-4-11(17-2)7-10(15)8-13/h3,10-11H,1,4-9,13H2,2H3,(H,14,16). The van der Waals surface area contributed by atoms with Gasteiger partial charge < -0.3 is 15.8 Å². The fourth-order valence-electron chi connectivity index (χ4n) is 2.16. The Balaban J connectivity index is 2.41. The van der Waals surface area contributed by atoms with E-state index in [1.54, 1.807) is 13.2 Å². The third-order valence-electron chi connectivity index (χ3n) is 3.19. The lowest BCUT2D eigenvalue weighted by Crippen LogP contribution is -2.51. The first-order valence-corrected chi connectivity index (χ1v) is 6.05. The van der Waals surface area contributed by atoms with Crippen LogP contribution in [0.15, 0.2) is 12.7 Å². The van der Waals surface area contributed by atoms with Gasteiger partial charge >= 0.3 is 0 Å². The van der Waals surface area contributed by atoms with Gasteiger partial charge in [0, 0.05) is 32.8 Å². The Hall–Kier alpha value is -0.910. The molecule has 1 heterocycles. The fraction of sp³-hybridized carbons (Fsp3) is 0.750. The lowest BCUT2D eigenvalue weighted by atomic mass is 9.99. The Bertz CT molecular complexity index is 258. The van der Waals surface area contributed by atoms with E-state index in [0.717, 1.165) is 19.4 Å². The molecule has 5 heteroatoms. The van der Waals surface area contributed by atoms with Crippen molar-refractivity contribution in [3.05, 3.63) is 12.7 Å². The number of carbonyl (C=O) groups excluding carboxylic acids is 1. The van der Waals surface area contributed by atoms with E-state index >= 15 is 0 Å². The van der Waals surface area contributed by atoms with Gasteiger partial charge in [-0.3, -0.25) is 9.69 Å². The molecule has 0 radical (unpaired) electrons. The molecule has 1 saturated heterocycles. The summed E-state index contributed by atoms with van der Waals surface area (Å²) in [4.78, 5) is 13.7. The Morgan fingerprint density at radius 1 is 1.71 bits per heavy atom. The van der Waals surface area contributed by atoms with E-state index in [1.165, 1.54) is 0 Å². The molecule has 1 rings (SSSR count). The molecule has 1 aliphatic heterocycles. The average Bonchev–Trinajstić information content (AvgIpc) is 2.36. The first-order chi connectivity index (χ1) is 8.21. The van der Waals surface area contributed by atoms with Gasteiger partial charge in [-0.05, 0) is 12.8 Å². The smallest absolute Gasteiger partial charge is 0.234 e. The van der Waals surface area contributed by atoms with Crippen molar-refractivity contribution in [2.75, 3.05) is 33.3 Å². The van der Waals surface area contributed by atoms with Crippen LogP contribution < -0.4 is 11.1 Å². The highest BCUT2D eigenvalue weighted by atomic mass is 16.5. The largest absolute Gasteiger partial charge is 0.381 e. The number of hydrogen-bond donors (Lipinski definition) is 2. The zero-order chi connectivity index (χ0) is 12.7. The number of likely N-dealkylation sites (tertiary alicyclic amines) is 1. The first-order valence-electron chi connectivity index (χ1n) is 6.05. The van der Waals surface area contributed by atoms with Gasteiger partial charge in [-0.15, -0.1) is 6.58 Å². The summed E-state index contributed by atoms with van der Waals surface area (Å²) in [6.45, 7) is 5.92. The number of piperidine rings is 1. The summed E-state index contributed by atoms with van der Waals surface area (Å²) in [6.07, 6.45) is 3.81. The van der Waals surface area contributed by atoms with E-state index in [1.807, 2.05) is 0 Å². The van der Waals surface area contributed by atoms with Crippen molar-refractivity contribution in [3.8, 4) is 0 Å². The van der Waals surface area contributed by atoms with Crippen molar-refractivity contribution in [1.82, 2.24) is 10.2 Å². The van der Waals surface area contributed by atoms with E-state index in [2.05, 4.69) is 16.8 Å². The van der Waals surface area contributed by atoms with Crippen LogP contribution in [0.1, 0.15) is 12.8 Å². The molecule has 0 aromatic carbocycles. The third-order valence-corrected chi connectivity index (χ3v) is 3.19. The lowest BCUT2D eigenvalue weighted by molar-refractivity contribution is -0.123. The molecule has 3 N–H and O–H groups in total. The van der Waals surface area contributed by atoms with E-state index in [0.29, 0.717) is 19.6 Å². The summed E-state index contributed by atoms with van der Waals surface area (Å²) >= 11 is 0. The number of nitrogens with one attached hydrogen (secondary N) is 1. The summed E-state index contributed by atoms with van der Waals surface area (Å²) in [5, 5.41) is 2.78. The van der Waals surface area contributed by atoms with Gasteiger partial charge in [-0.2, -0.15) is 0 Å². The average molecular weight is 241 g/mol. The molecular formula is C12H23N3O2. The van der Waals surface area contributed by atoms with E-state index < -0.39 is 0 Å². The topological polar surface area (TPSA) is 67.6 Å². The van der Waals surface area contributed by atoms with Crippen molar-refractivity contribution in [1.29, 1.82) is 0 Å². The number of nitrogens with two attached hydrogens (primary N) is 1. The Morgan fingerprint density at radius 3 is 3.06 bits per heavy atom. The van der Waals surface area contributed by atoms with Gasteiger partial charge in [0.05, 0.1) is 12.6 Å². The number of rotatable bonds is 6. The van der Waals surface area contributed by atoms with Gasteiger partial charge in [0.2, 0.25) is 5.91 Å². The van der Waals surface area contributed by atoms with Gasteiger partial charge in [0.15, 0.2) is 0 Å². The van der Waals surface area contributed by atoms with E-state index in [-0.39, 0.29) is 18.1 Å². The molecule has 0 aromatic heterocycles. The monoisotopic (exact) mass is 241 g/mol. The second-order valence-electron chi connectivity index (χ2n) is 4.33. The van der Waals surface area contributed by atoms with Crippen LogP contribution in [0.5, 0.6) is 0 Å². The van der Waals surface area contributed by atoms with Crippen LogP contribution in [0.4, 0.5) is 0 Å². The number of carbonyl (C=O) groups is 1. The normalized spacial score (nSPS) is 25.5. The van der Waals surface area contributed by atoms with Gasteiger partial charge in [0.25, 0.3) is 0 Å². The summed E-state index contributed by atoms with van der Waals surface area (Å²) in [5.41, 5.74) is 5.74. The highest BCUT2D eigenvalue weighted by Crippen LogP contribution is 2.18. The Labute approximate surface area is 103 Å². The maximum Gasteiger partial charge on any atom is 0.234 e. The van der Waals surface area contributed by atoms with E-state index in [4.69, 9.17) is 10.5 Å². The minimum atomic E-state index is 0.0271. The van der Waals surface area contributed by atoms with Crippen LogP contribution in [0, 0.1) is 0 Å². The molecule has 17 heavy (non-hydrogen) atoms. The van der Waals surface area contributed by atoms with Gasteiger partial charge in [-0.25, -0.2) is 0 Å². The van der Waals surface area contributed by atoms with Crippen molar-refractivity contribution < 1.29 is 9.53 Å². The summed E-state index contributed by atoms with van der Waals surface area (Å²) in [7, 11) is 1.73. The number of nitrogens with zero attached hydrogens (tertiary/aromatic N) is 1.